The largest absolute Gasteiger partial charge is 0.468 e. The van der Waals surface area contributed by atoms with E-state index in [1.54, 1.807) is 4.90 Å². The molecule has 0 spiro atoms. The summed E-state index contributed by atoms with van der Waals surface area (Å²) in [7, 11) is 5.11. The van der Waals surface area contributed by atoms with Crippen LogP contribution >= 0.6 is 0 Å². The van der Waals surface area contributed by atoms with Gasteiger partial charge < -0.3 is 15.0 Å². The SMILES string of the molecule is CNc1cccc2c(N(C)CC(=O)OC)nc(C)cc12. The van der Waals surface area contributed by atoms with Gasteiger partial charge in [0, 0.05) is 36.2 Å². The number of ether oxygens (including phenoxy) is 1. The molecule has 1 aromatic heterocycles. The van der Waals surface area contributed by atoms with Crippen LogP contribution in [-0.4, -0.2) is 38.7 Å². The van der Waals surface area contributed by atoms with Crippen molar-refractivity contribution in [2.75, 3.05) is 38.0 Å². The lowest BCUT2D eigenvalue weighted by Crippen LogP contribution is -2.27. The fourth-order valence-corrected chi connectivity index (χ4v) is 2.23. The molecule has 2 aromatic rings. The van der Waals surface area contributed by atoms with Gasteiger partial charge in [0.1, 0.15) is 12.4 Å². The van der Waals surface area contributed by atoms with Crippen molar-refractivity contribution in [3.63, 3.8) is 0 Å². The number of esters is 1. The number of methoxy groups -OCH3 is 1. The van der Waals surface area contributed by atoms with Crippen LogP contribution in [0.15, 0.2) is 24.3 Å². The highest BCUT2D eigenvalue weighted by Gasteiger charge is 2.14. The Bertz CT molecular complexity index is 640. The van der Waals surface area contributed by atoms with Gasteiger partial charge >= 0.3 is 5.97 Å². The van der Waals surface area contributed by atoms with Crippen LogP contribution in [-0.2, 0) is 9.53 Å². The van der Waals surface area contributed by atoms with E-state index in [9.17, 15) is 4.79 Å². The zero-order valence-electron chi connectivity index (χ0n) is 12.2. The van der Waals surface area contributed by atoms with E-state index in [1.807, 2.05) is 45.3 Å². The Labute approximate surface area is 118 Å². The molecule has 0 aliphatic heterocycles. The quantitative estimate of drug-likeness (QED) is 0.865. The Morgan fingerprint density at radius 1 is 1.40 bits per heavy atom. The third kappa shape index (κ3) is 2.66. The molecule has 0 amide bonds. The average molecular weight is 273 g/mol. The van der Waals surface area contributed by atoms with Crippen molar-refractivity contribution in [3.8, 4) is 0 Å². The van der Waals surface area contributed by atoms with E-state index in [2.05, 4.69) is 10.3 Å². The molecule has 0 saturated heterocycles. The van der Waals surface area contributed by atoms with Gasteiger partial charge in [-0.25, -0.2) is 4.98 Å². The number of hydrogen-bond acceptors (Lipinski definition) is 5. The highest BCUT2D eigenvalue weighted by molar-refractivity contribution is 6.01. The summed E-state index contributed by atoms with van der Waals surface area (Å²) >= 11 is 0. The monoisotopic (exact) mass is 273 g/mol. The molecular weight excluding hydrogens is 254 g/mol. The molecule has 0 fully saturated rings. The van der Waals surface area contributed by atoms with Gasteiger partial charge in [0.15, 0.2) is 0 Å². The first-order valence-corrected chi connectivity index (χ1v) is 6.43. The molecule has 5 nitrogen and oxygen atoms in total. The number of nitrogens with one attached hydrogen (secondary N) is 1. The van der Waals surface area contributed by atoms with Crippen molar-refractivity contribution in [1.82, 2.24) is 4.98 Å². The standard InChI is InChI=1S/C15H19N3O2/c1-10-8-12-11(6-5-7-13(12)16-2)15(17-10)18(3)9-14(19)20-4/h5-8,16H,9H2,1-4H3. The van der Waals surface area contributed by atoms with Gasteiger partial charge in [0.05, 0.1) is 7.11 Å². The van der Waals surface area contributed by atoms with Gasteiger partial charge in [0.2, 0.25) is 0 Å². The summed E-state index contributed by atoms with van der Waals surface area (Å²) in [5.74, 6) is 0.497. The first kappa shape index (κ1) is 14.1. The maximum Gasteiger partial charge on any atom is 0.325 e. The molecule has 5 heteroatoms. The van der Waals surface area contributed by atoms with Gasteiger partial charge in [-0.2, -0.15) is 0 Å². The molecule has 20 heavy (non-hydrogen) atoms. The third-order valence-corrected chi connectivity index (χ3v) is 3.21. The van der Waals surface area contributed by atoms with Crippen molar-refractivity contribution < 1.29 is 9.53 Å². The predicted molar refractivity (Wildman–Crippen MR) is 81.3 cm³/mol. The number of rotatable bonds is 4. The topological polar surface area (TPSA) is 54.5 Å². The number of carbonyl (C=O) groups excluding carboxylic acids is 1. The number of carbonyl (C=O) groups is 1. The van der Waals surface area contributed by atoms with Crippen LogP contribution in [0.1, 0.15) is 5.69 Å². The highest BCUT2D eigenvalue weighted by atomic mass is 16.5. The van der Waals surface area contributed by atoms with Crippen LogP contribution < -0.4 is 10.2 Å². The summed E-state index contributed by atoms with van der Waals surface area (Å²) in [6, 6.07) is 8.04. The Balaban J connectivity index is 2.55. The number of nitrogens with zero attached hydrogens (tertiary/aromatic N) is 2. The van der Waals surface area contributed by atoms with E-state index in [0.717, 1.165) is 28.0 Å². The van der Waals surface area contributed by atoms with E-state index in [0.29, 0.717) is 0 Å². The molecule has 0 saturated carbocycles. The summed E-state index contributed by atoms with van der Waals surface area (Å²) < 4.78 is 4.71. The minimum atomic E-state index is -0.284. The number of likely N-dealkylation sites (N-methyl/N-ethyl adjacent to an activating group) is 1. The number of aryl methyl sites for hydroxylation is 1. The fraction of sp³-hybridized carbons (Fsp3) is 0.333. The zero-order chi connectivity index (χ0) is 14.7. The van der Waals surface area contributed by atoms with Gasteiger partial charge in [-0.15, -0.1) is 0 Å². The van der Waals surface area contributed by atoms with Crippen LogP contribution in [0.4, 0.5) is 11.5 Å². The van der Waals surface area contributed by atoms with Gasteiger partial charge in [-0.1, -0.05) is 12.1 Å². The Hall–Kier alpha value is -2.30. The van der Waals surface area contributed by atoms with Gasteiger partial charge in [0.25, 0.3) is 0 Å². The zero-order valence-corrected chi connectivity index (χ0v) is 12.2. The van der Waals surface area contributed by atoms with Crippen molar-refractivity contribution in [2.45, 2.75) is 6.92 Å². The molecule has 2 rings (SSSR count). The summed E-state index contributed by atoms with van der Waals surface area (Å²) in [6.45, 7) is 2.12. The number of anilines is 2. The first-order chi connectivity index (χ1) is 9.56. The molecular formula is C15H19N3O2. The molecule has 0 radical (unpaired) electrons. The van der Waals surface area contributed by atoms with Crippen LogP contribution in [0.25, 0.3) is 10.8 Å². The number of fused-ring (bicyclic) bond motifs is 1. The van der Waals surface area contributed by atoms with Crippen molar-refractivity contribution >= 4 is 28.2 Å². The minimum absolute atomic E-state index is 0.172. The second-order valence-corrected chi connectivity index (χ2v) is 4.67. The van der Waals surface area contributed by atoms with Gasteiger partial charge in [-0.3, -0.25) is 4.79 Å². The van der Waals surface area contributed by atoms with E-state index < -0.39 is 0 Å². The van der Waals surface area contributed by atoms with Crippen LogP contribution in [0, 0.1) is 6.92 Å². The normalized spacial score (nSPS) is 10.4. The minimum Gasteiger partial charge on any atom is -0.468 e. The van der Waals surface area contributed by atoms with Crippen LogP contribution in [0.2, 0.25) is 0 Å². The van der Waals surface area contributed by atoms with Crippen molar-refractivity contribution in [2.24, 2.45) is 0 Å². The lowest BCUT2D eigenvalue weighted by atomic mass is 10.1. The van der Waals surface area contributed by atoms with E-state index >= 15 is 0 Å². The van der Waals surface area contributed by atoms with E-state index in [-0.39, 0.29) is 12.5 Å². The smallest absolute Gasteiger partial charge is 0.325 e. The summed E-state index contributed by atoms with van der Waals surface area (Å²) in [4.78, 5) is 17.8. The summed E-state index contributed by atoms with van der Waals surface area (Å²) in [5, 5.41) is 5.28. The number of aromatic nitrogens is 1. The predicted octanol–water partition coefficient (Wildman–Crippen LogP) is 2.19. The summed E-state index contributed by atoms with van der Waals surface area (Å²) in [6.07, 6.45) is 0. The molecule has 0 aliphatic carbocycles. The van der Waals surface area contributed by atoms with E-state index in [1.165, 1.54) is 7.11 Å². The lowest BCUT2D eigenvalue weighted by Gasteiger charge is -2.20. The van der Waals surface area contributed by atoms with Gasteiger partial charge in [-0.05, 0) is 19.1 Å². The summed E-state index contributed by atoms with van der Waals surface area (Å²) in [5.41, 5.74) is 1.95. The maximum absolute atomic E-state index is 11.4. The van der Waals surface area contributed by atoms with Crippen LogP contribution in [0.3, 0.4) is 0 Å². The molecule has 0 unspecified atom stereocenters. The molecule has 1 heterocycles. The lowest BCUT2D eigenvalue weighted by molar-refractivity contribution is -0.138. The average Bonchev–Trinajstić information content (AvgIpc) is 2.45. The Morgan fingerprint density at radius 2 is 2.15 bits per heavy atom. The molecule has 0 bridgehead atoms. The molecule has 0 atom stereocenters. The number of hydrogen-bond donors (Lipinski definition) is 1. The molecule has 0 aliphatic rings. The highest BCUT2D eigenvalue weighted by Crippen LogP contribution is 2.30. The second kappa shape index (κ2) is 5.77. The number of benzene rings is 1. The second-order valence-electron chi connectivity index (χ2n) is 4.67. The molecule has 1 aromatic carbocycles. The molecule has 106 valence electrons. The van der Waals surface area contributed by atoms with Crippen molar-refractivity contribution in [1.29, 1.82) is 0 Å². The Morgan fingerprint density at radius 3 is 2.80 bits per heavy atom. The van der Waals surface area contributed by atoms with Crippen molar-refractivity contribution in [3.05, 3.63) is 30.0 Å². The maximum atomic E-state index is 11.4. The number of pyridine rings is 1. The Kier molecular flexibility index (Phi) is 4.08. The third-order valence-electron chi connectivity index (χ3n) is 3.21. The first-order valence-electron chi connectivity index (χ1n) is 6.43. The van der Waals surface area contributed by atoms with Crippen LogP contribution in [0.5, 0.6) is 0 Å². The fourth-order valence-electron chi connectivity index (χ4n) is 2.23. The molecule has 1 N–H and O–H groups in total. The van der Waals surface area contributed by atoms with E-state index in [4.69, 9.17) is 4.74 Å².